The summed E-state index contributed by atoms with van der Waals surface area (Å²) >= 11 is 0. The molecule has 1 atom stereocenters. The molecule has 1 aromatic carbocycles. The summed E-state index contributed by atoms with van der Waals surface area (Å²) in [6.45, 7) is 5.40. The van der Waals surface area contributed by atoms with Crippen LogP contribution in [0.1, 0.15) is 30.1 Å². The van der Waals surface area contributed by atoms with E-state index in [1.54, 1.807) is 0 Å². The number of rotatable bonds is 5. The Hall–Kier alpha value is -1.55. The highest BCUT2D eigenvalue weighted by molar-refractivity contribution is 5.96. The van der Waals surface area contributed by atoms with Crippen molar-refractivity contribution in [2.24, 2.45) is 5.92 Å². The molecule has 1 aliphatic heterocycles. The normalized spacial score (nSPS) is 18.6. The summed E-state index contributed by atoms with van der Waals surface area (Å²) in [7, 11) is 1.87. The lowest BCUT2D eigenvalue weighted by molar-refractivity contribution is 0.0760. The Labute approximate surface area is 121 Å². The minimum Gasteiger partial charge on any atom is -0.493 e. The van der Waals surface area contributed by atoms with Crippen LogP contribution in [-0.4, -0.2) is 44.1 Å². The Morgan fingerprint density at radius 2 is 2.25 bits per heavy atom. The minimum absolute atomic E-state index is 0.0413. The molecule has 1 aliphatic rings. The summed E-state index contributed by atoms with van der Waals surface area (Å²) in [6.07, 6.45) is 2.39. The molecule has 1 N–H and O–H groups in total. The van der Waals surface area contributed by atoms with E-state index in [0.717, 1.165) is 19.6 Å². The first kappa shape index (κ1) is 14.9. The summed E-state index contributed by atoms with van der Waals surface area (Å²) in [4.78, 5) is 14.4. The van der Waals surface area contributed by atoms with Gasteiger partial charge in [-0.2, -0.15) is 0 Å². The molecular weight excluding hydrogens is 252 g/mol. The van der Waals surface area contributed by atoms with Gasteiger partial charge < -0.3 is 15.0 Å². The monoisotopic (exact) mass is 276 g/mol. The molecule has 0 saturated carbocycles. The zero-order valence-corrected chi connectivity index (χ0v) is 12.4. The zero-order valence-electron chi connectivity index (χ0n) is 12.4. The van der Waals surface area contributed by atoms with Gasteiger partial charge in [-0.15, -0.1) is 0 Å². The number of ether oxygens (including phenoxy) is 1. The molecule has 0 bridgehead atoms. The van der Waals surface area contributed by atoms with Crippen LogP contribution in [0.15, 0.2) is 24.3 Å². The first-order valence-corrected chi connectivity index (χ1v) is 7.40. The third kappa shape index (κ3) is 3.73. The minimum atomic E-state index is 0.0413. The first-order valence-electron chi connectivity index (χ1n) is 7.40. The van der Waals surface area contributed by atoms with Crippen molar-refractivity contribution >= 4 is 5.91 Å². The van der Waals surface area contributed by atoms with Crippen molar-refractivity contribution in [3.8, 4) is 5.75 Å². The molecule has 4 nitrogen and oxygen atoms in total. The van der Waals surface area contributed by atoms with E-state index in [1.165, 1.54) is 12.8 Å². The molecule has 0 aromatic heterocycles. The zero-order chi connectivity index (χ0) is 14.4. The van der Waals surface area contributed by atoms with Crippen LogP contribution in [0.4, 0.5) is 0 Å². The number of nitrogens with one attached hydrogen (secondary N) is 1. The van der Waals surface area contributed by atoms with Crippen molar-refractivity contribution in [3.05, 3.63) is 29.8 Å². The summed E-state index contributed by atoms with van der Waals surface area (Å²) in [5, 5.41) is 3.39. The standard InChI is InChI=1S/C16H24N2O2/c1-3-20-15-9-5-4-8-14(15)16(19)18(2)12-13-7-6-10-17-11-13/h4-5,8-9,13,17H,3,6-7,10-12H2,1-2H3. The lowest BCUT2D eigenvalue weighted by atomic mass is 9.99. The molecule has 0 radical (unpaired) electrons. The maximum Gasteiger partial charge on any atom is 0.257 e. The van der Waals surface area contributed by atoms with Crippen molar-refractivity contribution in [3.63, 3.8) is 0 Å². The quantitative estimate of drug-likeness (QED) is 0.896. The third-order valence-electron chi connectivity index (χ3n) is 3.70. The van der Waals surface area contributed by atoms with E-state index >= 15 is 0 Å². The molecular formula is C16H24N2O2. The molecule has 2 rings (SSSR count). The van der Waals surface area contributed by atoms with Gasteiger partial charge in [0.15, 0.2) is 0 Å². The summed E-state index contributed by atoms with van der Waals surface area (Å²) < 4.78 is 5.54. The highest BCUT2D eigenvalue weighted by Crippen LogP contribution is 2.20. The summed E-state index contributed by atoms with van der Waals surface area (Å²) in [5.41, 5.74) is 0.653. The second-order valence-electron chi connectivity index (χ2n) is 5.33. The molecule has 1 unspecified atom stereocenters. The number of carbonyl (C=O) groups is 1. The van der Waals surface area contributed by atoms with Gasteiger partial charge in [0.25, 0.3) is 5.91 Å². The fourth-order valence-corrected chi connectivity index (χ4v) is 2.68. The SMILES string of the molecule is CCOc1ccccc1C(=O)N(C)CC1CCCNC1. The van der Waals surface area contributed by atoms with E-state index in [9.17, 15) is 4.79 Å². The van der Waals surface area contributed by atoms with Crippen molar-refractivity contribution in [1.29, 1.82) is 0 Å². The molecule has 1 heterocycles. The smallest absolute Gasteiger partial charge is 0.257 e. The topological polar surface area (TPSA) is 41.6 Å². The fraction of sp³-hybridized carbons (Fsp3) is 0.562. The molecule has 20 heavy (non-hydrogen) atoms. The maximum atomic E-state index is 12.5. The van der Waals surface area contributed by atoms with Crippen molar-refractivity contribution in [2.75, 3.05) is 33.3 Å². The number of benzene rings is 1. The second-order valence-corrected chi connectivity index (χ2v) is 5.33. The molecule has 1 saturated heterocycles. The third-order valence-corrected chi connectivity index (χ3v) is 3.70. The predicted molar refractivity (Wildman–Crippen MR) is 80.2 cm³/mol. The Kier molecular flexibility index (Phi) is 5.41. The van der Waals surface area contributed by atoms with Crippen LogP contribution in [0.3, 0.4) is 0 Å². The molecule has 4 heteroatoms. The Morgan fingerprint density at radius 3 is 2.95 bits per heavy atom. The van der Waals surface area contributed by atoms with Crippen LogP contribution in [0.2, 0.25) is 0 Å². The van der Waals surface area contributed by atoms with Crippen LogP contribution in [0, 0.1) is 5.92 Å². The van der Waals surface area contributed by atoms with Crippen LogP contribution in [-0.2, 0) is 0 Å². The van der Waals surface area contributed by atoms with Crippen LogP contribution >= 0.6 is 0 Å². The fourth-order valence-electron chi connectivity index (χ4n) is 2.68. The number of para-hydroxylation sites is 1. The molecule has 1 fully saturated rings. The number of hydrogen-bond acceptors (Lipinski definition) is 3. The van der Waals surface area contributed by atoms with E-state index in [1.807, 2.05) is 43.1 Å². The van der Waals surface area contributed by atoms with Gasteiger partial charge in [-0.25, -0.2) is 0 Å². The van der Waals surface area contributed by atoms with E-state index in [2.05, 4.69) is 5.32 Å². The summed E-state index contributed by atoms with van der Waals surface area (Å²) in [6, 6.07) is 7.47. The van der Waals surface area contributed by atoms with Gasteiger partial charge >= 0.3 is 0 Å². The van der Waals surface area contributed by atoms with Crippen LogP contribution < -0.4 is 10.1 Å². The second kappa shape index (κ2) is 7.29. The number of hydrogen-bond donors (Lipinski definition) is 1. The maximum absolute atomic E-state index is 12.5. The highest BCUT2D eigenvalue weighted by atomic mass is 16.5. The van der Waals surface area contributed by atoms with E-state index < -0.39 is 0 Å². The number of piperidine rings is 1. The van der Waals surface area contributed by atoms with Gasteiger partial charge in [-0.1, -0.05) is 12.1 Å². The Morgan fingerprint density at radius 1 is 1.45 bits per heavy atom. The van der Waals surface area contributed by atoms with Crippen LogP contribution in [0.5, 0.6) is 5.75 Å². The van der Waals surface area contributed by atoms with Crippen LogP contribution in [0.25, 0.3) is 0 Å². The van der Waals surface area contributed by atoms with E-state index in [4.69, 9.17) is 4.74 Å². The predicted octanol–water partition coefficient (Wildman–Crippen LogP) is 2.16. The highest BCUT2D eigenvalue weighted by Gasteiger charge is 2.21. The number of amides is 1. The van der Waals surface area contributed by atoms with E-state index in [-0.39, 0.29) is 5.91 Å². The average Bonchev–Trinajstić information content (AvgIpc) is 2.48. The van der Waals surface area contributed by atoms with Crippen molar-refractivity contribution in [1.82, 2.24) is 10.2 Å². The van der Waals surface area contributed by atoms with Gasteiger partial charge in [-0.3, -0.25) is 4.79 Å². The Bertz CT molecular complexity index is 442. The first-order chi connectivity index (χ1) is 9.72. The molecule has 110 valence electrons. The Balaban J connectivity index is 2.02. The van der Waals surface area contributed by atoms with Crippen molar-refractivity contribution < 1.29 is 9.53 Å². The number of nitrogens with zero attached hydrogens (tertiary/aromatic N) is 1. The number of carbonyl (C=O) groups excluding carboxylic acids is 1. The van der Waals surface area contributed by atoms with Gasteiger partial charge in [0.05, 0.1) is 12.2 Å². The van der Waals surface area contributed by atoms with E-state index in [0.29, 0.717) is 23.8 Å². The molecule has 1 amide bonds. The molecule has 1 aromatic rings. The van der Waals surface area contributed by atoms with Gasteiger partial charge in [-0.05, 0) is 50.9 Å². The van der Waals surface area contributed by atoms with Gasteiger partial charge in [0, 0.05) is 13.6 Å². The average molecular weight is 276 g/mol. The lowest BCUT2D eigenvalue weighted by Gasteiger charge is -2.28. The molecule has 0 spiro atoms. The van der Waals surface area contributed by atoms with Crippen molar-refractivity contribution in [2.45, 2.75) is 19.8 Å². The largest absolute Gasteiger partial charge is 0.493 e. The molecule has 0 aliphatic carbocycles. The summed E-state index contributed by atoms with van der Waals surface area (Å²) in [5.74, 6) is 1.27. The van der Waals surface area contributed by atoms with Gasteiger partial charge in [0.2, 0.25) is 0 Å². The van der Waals surface area contributed by atoms with Gasteiger partial charge in [0.1, 0.15) is 5.75 Å². The lowest BCUT2D eigenvalue weighted by Crippen LogP contribution is -2.39.